The van der Waals surface area contributed by atoms with Crippen LogP contribution in [-0.4, -0.2) is 18.3 Å². The van der Waals surface area contributed by atoms with Crippen molar-refractivity contribution in [2.75, 3.05) is 7.11 Å². The zero-order valence-corrected chi connectivity index (χ0v) is 10.6. The van der Waals surface area contributed by atoms with Crippen molar-refractivity contribution in [3.63, 3.8) is 0 Å². The topological polar surface area (TPSA) is 55.5 Å². The summed E-state index contributed by atoms with van der Waals surface area (Å²) in [7, 11) is 1.69. The molecule has 1 aromatic rings. The minimum atomic E-state index is 0.0484. The molecule has 0 fully saturated rings. The zero-order chi connectivity index (χ0) is 12.4. The van der Waals surface area contributed by atoms with Crippen molar-refractivity contribution in [2.24, 2.45) is 5.73 Å². The Morgan fingerprint density at radius 3 is 2.59 bits per heavy atom. The number of rotatable bonds is 3. The van der Waals surface area contributed by atoms with E-state index in [4.69, 9.17) is 10.5 Å². The van der Waals surface area contributed by atoms with E-state index in [1.165, 1.54) is 12.0 Å². The predicted octanol–water partition coefficient (Wildman–Crippen LogP) is 2.17. The van der Waals surface area contributed by atoms with E-state index < -0.39 is 0 Å². The fourth-order valence-corrected chi connectivity index (χ4v) is 2.63. The Morgan fingerprint density at radius 1 is 1.35 bits per heavy atom. The van der Waals surface area contributed by atoms with Gasteiger partial charge in [0, 0.05) is 17.2 Å². The Bertz CT molecular complexity index is 413. The molecule has 1 aliphatic rings. The van der Waals surface area contributed by atoms with Gasteiger partial charge in [0.25, 0.3) is 0 Å². The molecule has 17 heavy (non-hydrogen) atoms. The van der Waals surface area contributed by atoms with Crippen molar-refractivity contribution in [3.8, 4) is 11.5 Å². The maximum Gasteiger partial charge on any atom is 0.122 e. The summed E-state index contributed by atoms with van der Waals surface area (Å²) in [6.45, 7) is 1.95. The third-order valence-electron chi connectivity index (χ3n) is 3.42. The number of aromatic hydroxyl groups is 1. The average Bonchev–Trinajstić information content (AvgIpc) is 2.32. The van der Waals surface area contributed by atoms with E-state index in [-0.39, 0.29) is 6.04 Å². The summed E-state index contributed by atoms with van der Waals surface area (Å²) in [6, 6.07) is 2.00. The molecule has 3 nitrogen and oxygen atoms in total. The van der Waals surface area contributed by atoms with Crippen molar-refractivity contribution < 1.29 is 9.84 Å². The molecule has 0 saturated carbocycles. The number of hydrogen-bond donors (Lipinski definition) is 2. The van der Waals surface area contributed by atoms with Gasteiger partial charge in [0.15, 0.2) is 0 Å². The monoisotopic (exact) mass is 235 g/mol. The van der Waals surface area contributed by atoms with E-state index in [0.717, 1.165) is 36.1 Å². The Kier molecular flexibility index (Phi) is 3.57. The third-order valence-corrected chi connectivity index (χ3v) is 3.42. The van der Waals surface area contributed by atoms with Crippen LogP contribution in [-0.2, 0) is 19.3 Å². The van der Waals surface area contributed by atoms with Crippen LogP contribution >= 0.6 is 0 Å². The quantitative estimate of drug-likeness (QED) is 0.844. The number of fused-ring (bicyclic) bond motifs is 1. The van der Waals surface area contributed by atoms with Gasteiger partial charge < -0.3 is 15.6 Å². The maximum absolute atomic E-state index is 10.3. The van der Waals surface area contributed by atoms with E-state index in [9.17, 15) is 5.11 Å². The molecular formula is C14H21NO2. The van der Waals surface area contributed by atoms with Crippen LogP contribution in [0.15, 0.2) is 6.07 Å². The molecule has 0 aromatic heterocycles. The van der Waals surface area contributed by atoms with Crippen LogP contribution in [0.4, 0.5) is 0 Å². The van der Waals surface area contributed by atoms with Crippen molar-refractivity contribution in [1.29, 1.82) is 0 Å². The van der Waals surface area contributed by atoms with Crippen LogP contribution in [0, 0.1) is 0 Å². The lowest BCUT2D eigenvalue weighted by Crippen LogP contribution is -2.18. The summed E-state index contributed by atoms with van der Waals surface area (Å²) < 4.78 is 5.44. The average molecular weight is 235 g/mol. The normalized spacial score (nSPS) is 16.4. The number of benzene rings is 1. The number of methoxy groups -OCH3 is 1. The highest BCUT2D eigenvalue weighted by Gasteiger charge is 2.21. The molecule has 0 saturated heterocycles. The molecule has 3 heteroatoms. The van der Waals surface area contributed by atoms with Gasteiger partial charge in [0.1, 0.15) is 11.5 Å². The van der Waals surface area contributed by atoms with Gasteiger partial charge in [-0.3, -0.25) is 0 Å². The Labute approximate surface area is 103 Å². The van der Waals surface area contributed by atoms with Gasteiger partial charge in [-0.05, 0) is 50.7 Å². The summed E-state index contributed by atoms with van der Waals surface area (Å²) >= 11 is 0. The Hall–Kier alpha value is -1.22. The SMILES string of the molecule is COc1cc(CC(C)N)c(O)c2c1CCCC2. The minimum absolute atomic E-state index is 0.0484. The highest BCUT2D eigenvalue weighted by molar-refractivity contribution is 5.54. The van der Waals surface area contributed by atoms with Crippen molar-refractivity contribution in [3.05, 3.63) is 22.8 Å². The molecule has 3 N–H and O–H groups in total. The number of ether oxygens (including phenoxy) is 1. The van der Waals surface area contributed by atoms with E-state index in [2.05, 4.69) is 0 Å². The fraction of sp³-hybridized carbons (Fsp3) is 0.571. The molecule has 1 unspecified atom stereocenters. The molecule has 0 aliphatic heterocycles. The van der Waals surface area contributed by atoms with Crippen molar-refractivity contribution >= 4 is 0 Å². The molecular weight excluding hydrogens is 214 g/mol. The van der Waals surface area contributed by atoms with Crippen LogP contribution in [0.25, 0.3) is 0 Å². The minimum Gasteiger partial charge on any atom is -0.507 e. The van der Waals surface area contributed by atoms with Crippen molar-refractivity contribution in [1.82, 2.24) is 0 Å². The molecule has 1 aromatic carbocycles. The Balaban J connectivity index is 2.48. The summed E-state index contributed by atoms with van der Waals surface area (Å²) in [5, 5.41) is 10.3. The fourth-order valence-electron chi connectivity index (χ4n) is 2.63. The zero-order valence-electron chi connectivity index (χ0n) is 10.6. The summed E-state index contributed by atoms with van der Waals surface area (Å²) in [5.41, 5.74) is 8.98. The van der Waals surface area contributed by atoms with Gasteiger partial charge >= 0.3 is 0 Å². The smallest absolute Gasteiger partial charge is 0.122 e. The first-order valence-electron chi connectivity index (χ1n) is 6.29. The van der Waals surface area contributed by atoms with Gasteiger partial charge in [0.05, 0.1) is 7.11 Å². The van der Waals surface area contributed by atoms with E-state index in [1.54, 1.807) is 7.11 Å². The van der Waals surface area contributed by atoms with Crippen molar-refractivity contribution in [2.45, 2.75) is 45.1 Å². The standard InChI is InChI=1S/C14H21NO2/c1-9(15)7-10-8-13(17-2)11-5-3-4-6-12(11)14(10)16/h8-9,16H,3-7,15H2,1-2H3. The van der Waals surface area contributed by atoms with Crippen LogP contribution in [0.2, 0.25) is 0 Å². The largest absolute Gasteiger partial charge is 0.507 e. The lowest BCUT2D eigenvalue weighted by Gasteiger charge is -2.22. The number of phenols is 1. The van der Waals surface area contributed by atoms with Gasteiger partial charge in [-0.25, -0.2) is 0 Å². The van der Waals surface area contributed by atoms with E-state index in [0.29, 0.717) is 12.2 Å². The van der Waals surface area contributed by atoms with Gasteiger partial charge in [-0.1, -0.05) is 0 Å². The molecule has 0 amide bonds. The maximum atomic E-state index is 10.3. The Morgan fingerprint density at radius 2 is 2.00 bits per heavy atom. The highest BCUT2D eigenvalue weighted by atomic mass is 16.5. The van der Waals surface area contributed by atoms with Crippen LogP contribution in [0.3, 0.4) is 0 Å². The van der Waals surface area contributed by atoms with Crippen LogP contribution in [0.1, 0.15) is 36.5 Å². The van der Waals surface area contributed by atoms with E-state index >= 15 is 0 Å². The van der Waals surface area contributed by atoms with Gasteiger partial charge in [0.2, 0.25) is 0 Å². The number of hydrogen-bond acceptors (Lipinski definition) is 3. The molecule has 2 rings (SSSR count). The summed E-state index contributed by atoms with van der Waals surface area (Å²) in [6.07, 6.45) is 4.96. The predicted molar refractivity (Wildman–Crippen MR) is 68.7 cm³/mol. The first-order chi connectivity index (χ1) is 8.13. The number of nitrogens with two attached hydrogens (primary N) is 1. The van der Waals surface area contributed by atoms with Crippen LogP contribution < -0.4 is 10.5 Å². The highest BCUT2D eigenvalue weighted by Crippen LogP contribution is 2.38. The van der Waals surface area contributed by atoms with Gasteiger partial charge in [-0.2, -0.15) is 0 Å². The molecule has 0 radical (unpaired) electrons. The molecule has 0 spiro atoms. The number of phenolic OH excluding ortho intramolecular Hbond substituents is 1. The molecule has 94 valence electrons. The van der Waals surface area contributed by atoms with Gasteiger partial charge in [-0.15, -0.1) is 0 Å². The lowest BCUT2D eigenvalue weighted by atomic mass is 9.87. The molecule has 1 atom stereocenters. The summed E-state index contributed by atoms with van der Waals surface area (Å²) in [5.74, 6) is 1.35. The first-order valence-corrected chi connectivity index (χ1v) is 6.29. The molecule has 0 bridgehead atoms. The molecule has 1 aliphatic carbocycles. The third kappa shape index (κ3) is 2.39. The summed E-state index contributed by atoms with van der Waals surface area (Å²) in [4.78, 5) is 0. The molecule has 0 heterocycles. The second-order valence-electron chi connectivity index (χ2n) is 4.93. The second kappa shape index (κ2) is 4.96. The van der Waals surface area contributed by atoms with E-state index in [1.807, 2.05) is 13.0 Å². The lowest BCUT2D eigenvalue weighted by molar-refractivity contribution is 0.398. The van der Waals surface area contributed by atoms with Crippen LogP contribution in [0.5, 0.6) is 11.5 Å². The second-order valence-corrected chi connectivity index (χ2v) is 4.93. The first kappa shape index (κ1) is 12.2.